The maximum atomic E-state index is 6.31. The molecule has 9 aromatic rings. The molecule has 1 aliphatic rings. The Morgan fingerprint density at radius 2 is 1.12 bits per heavy atom. The maximum absolute atomic E-state index is 6.31. The number of hydrogen-bond donors (Lipinski definition) is 0. The van der Waals surface area contributed by atoms with Gasteiger partial charge in [0.05, 0.1) is 0 Å². The van der Waals surface area contributed by atoms with Crippen molar-refractivity contribution in [3.63, 3.8) is 0 Å². The average Bonchev–Trinajstić information content (AvgIpc) is 3.63. The molecular formula is C47H33NO. The summed E-state index contributed by atoms with van der Waals surface area (Å²) in [5.74, 6) is 0. The van der Waals surface area contributed by atoms with Crippen molar-refractivity contribution in [2.45, 2.75) is 19.3 Å². The first-order chi connectivity index (χ1) is 24.0. The van der Waals surface area contributed by atoms with Gasteiger partial charge in [-0.1, -0.05) is 117 Å². The van der Waals surface area contributed by atoms with E-state index in [0.29, 0.717) is 0 Å². The standard InChI is InChI=1S/C47H33NO/c1-47(2)42-18-10-8-17-40(42)45-41(28-32-12-6-7-15-37(32)46(45)47)33-21-20-31-27-35(23-22-30(31)26-33)48(34-13-4-3-5-14-34)36-24-25-39-38-16-9-11-19-43(38)49-44(39)29-36/h3-29H,1-2H3. The van der Waals surface area contributed by atoms with E-state index >= 15 is 0 Å². The van der Waals surface area contributed by atoms with E-state index in [9.17, 15) is 0 Å². The molecule has 2 nitrogen and oxygen atoms in total. The number of furan rings is 1. The minimum absolute atomic E-state index is 0.0838. The highest BCUT2D eigenvalue weighted by Gasteiger charge is 2.38. The lowest BCUT2D eigenvalue weighted by atomic mass is 9.79. The second kappa shape index (κ2) is 10.4. The Labute approximate surface area is 285 Å². The molecule has 0 N–H and O–H groups in total. The van der Waals surface area contributed by atoms with Crippen molar-refractivity contribution in [3.05, 3.63) is 175 Å². The van der Waals surface area contributed by atoms with Crippen LogP contribution in [-0.2, 0) is 5.41 Å². The predicted molar refractivity (Wildman–Crippen MR) is 206 cm³/mol. The van der Waals surface area contributed by atoms with Crippen molar-refractivity contribution in [3.8, 4) is 22.3 Å². The third-order valence-electron chi connectivity index (χ3n) is 10.6. The summed E-state index contributed by atoms with van der Waals surface area (Å²) in [5.41, 5.74) is 13.0. The van der Waals surface area contributed by atoms with Crippen LogP contribution in [0, 0.1) is 0 Å². The molecule has 0 saturated carbocycles. The number of para-hydroxylation sites is 2. The van der Waals surface area contributed by atoms with Crippen LogP contribution in [0.5, 0.6) is 0 Å². The minimum atomic E-state index is -0.0838. The number of anilines is 3. The van der Waals surface area contributed by atoms with E-state index in [1.807, 2.05) is 12.1 Å². The normalized spacial score (nSPS) is 13.3. The molecule has 0 radical (unpaired) electrons. The van der Waals surface area contributed by atoms with Gasteiger partial charge in [-0.2, -0.15) is 0 Å². The smallest absolute Gasteiger partial charge is 0.137 e. The fourth-order valence-corrected chi connectivity index (χ4v) is 8.30. The predicted octanol–water partition coefficient (Wildman–Crippen LogP) is 13.3. The molecule has 0 unspecified atom stereocenters. The highest BCUT2D eigenvalue weighted by Crippen LogP contribution is 2.55. The van der Waals surface area contributed by atoms with E-state index in [1.165, 1.54) is 54.9 Å². The molecule has 0 amide bonds. The van der Waals surface area contributed by atoms with Crippen LogP contribution < -0.4 is 4.90 Å². The number of rotatable bonds is 4. The van der Waals surface area contributed by atoms with Crippen molar-refractivity contribution in [1.82, 2.24) is 0 Å². The summed E-state index contributed by atoms with van der Waals surface area (Å²) in [6, 6.07) is 59.4. The molecule has 1 aliphatic carbocycles. The fraction of sp³-hybridized carbons (Fsp3) is 0.0638. The van der Waals surface area contributed by atoms with Crippen LogP contribution in [0.3, 0.4) is 0 Å². The molecule has 1 heterocycles. The van der Waals surface area contributed by atoms with Gasteiger partial charge in [0.2, 0.25) is 0 Å². The Hall–Kier alpha value is -6.12. The molecule has 0 bridgehead atoms. The molecule has 2 heteroatoms. The first kappa shape index (κ1) is 27.9. The van der Waals surface area contributed by atoms with E-state index in [4.69, 9.17) is 4.42 Å². The summed E-state index contributed by atoms with van der Waals surface area (Å²) in [7, 11) is 0. The van der Waals surface area contributed by atoms with Gasteiger partial charge in [0.15, 0.2) is 0 Å². The summed E-state index contributed by atoms with van der Waals surface area (Å²) in [6.45, 7) is 4.75. The Kier molecular flexibility index (Phi) is 5.95. The summed E-state index contributed by atoms with van der Waals surface area (Å²) >= 11 is 0. The highest BCUT2D eigenvalue weighted by atomic mass is 16.3. The lowest BCUT2D eigenvalue weighted by Gasteiger charge is -2.26. The number of hydrogen-bond acceptors (Lipinski definition) is 2. The zero-order valence-electron chi connectivity index (χ0n) is 27.4. The highest BCUT2D eigenvalue weighted by molar-refractivity contribution is 6.07. The van der Waals surface area contributed by atoms with Gasteiger partial charge in [-0.15, -0.1) is 0 Å². The SMILES string of the molecule is CC1(C)c2ccccc2-c2c(-c3ccc4cc(N(c5ccccc5)c5ccc6c(c5)oc5ccccc56)ccc4c3)cc3ccccc3c21. The van der Waals surface area contributed by atoms with Gasteiger partial charge in [-0.05, 0) is 110 Å². The van der Waals surface area contributed by atoms with Crippen molar-refractivity contribution >= 4 is 60.5 Å². The molecular weight excluding hydrogens is 595 g/mol. The summed E-state index contributed by atoms with van der Waals surface area (Å²) < 4.78 is 6.31. The van der Waals surface area contributed by atoms with Gasteiger partial charge in [0.1, 0.15) is 11.2 Å². The van der Waals surface area contributed by atoms with E-state index in [-0.39, 0.29) is 5.41 Å². The summed E-state index contributed by atoms with van der Waals surface area (Å²) in [4.78, 5) is 2.31. The molecule has 49 heavy (non-hydrogen) atoms. The molecule has 8 aromatic carbocycles. The largest absolute Gasteiger partial charge is 0.456 e. The van der Waals surface area contributed by atoms with Crippen LogP contribution in [0.25, 0.3) is 65.7 Å². The zero-order valence-corrected chi connectivity index (χ0v) is 27.4. The molecule has 0 spiro atoms. The van der Waals surface area contributed by atoms with Crippen molar-refractivity contribution in [1.29, 1.82) is 0 Å². The minimum Gasteiger partial charge on any atom is -0.456 e. The number of fused-ring (bicyclic) bond motifs is 9. The Morgan fingerprint density at radius 1 is 0.449 bits per heavy atom. The van der Waals surface area contributed by atoms with Gasteiger partial charge in [0.25, 0.3) is 0 Å². The van der Waals surface area contributed by atoms with Gasteiger partial charge < -0.3 is 9.32 Å². The summed E-state index contributed by atoms with van der Waals surface area (Å²) in [5, 5.41) is 7.31. The number of benzene rings is 8. The first-order valence-electron chi connectivity index (χ1n) is 17.0. The van der Waals surface area contributed by atoms with E-state index in [2.05, 4.69) is 170 Å². The van der Waals surface area contributed by atoms with E-state index in [1.54, 1.807) is 0 Å². The third-order valence-corrected chi connectivity index (χ3v) is 10.6. The van der Waals surface area contributed by atoms with Crippen LogP contribution in [0.1, 0.15) is 25.0 Å². The fourth-order valence-electron chi connectivity index (χ4n) is 8.30. The average molecular weight is 628 g/mol. The zero-order chi connectivity index (χ0) is 32.7. The van der Waals surface area contributed by atoms with Crippen molar-refractivity contribution < 1.29 is 4.42 Å². The molecule has 1 aromatic heterocycles. The van der Waals surface area contributed by atoms with E-state index in [0.717, 1.165) is 39.0 Å². The quantitative estimate of drug-likeness (QED) is 0.193. The lowest BCUT2D eigenvalue weighted by Crippen LogP contribution is -2.15. The van der Waals surface area contributed by atoms with Crippen LogP contribution >= 0.6 is 0 Å². The molecule has 232 valence electrons. The van der Waals surface area contributed by atoms with Gasteiger partial charge in [0, 0.05) is 39.3 Å². The maximum Gasteiger partial charge on any atom is 0.137 e. The van der Waals surface area contributed by atoms with Gasteiger partial charge in [-0.25, -0.2) is 0 Å². The van der Waals surface area contributed by atoms with Crippen molar-refractivity contribution in [2.75, 3.05) is 4.90 Å². The molecule has 0 saturated heterocycles. The topological polar surface area (TPSA) is 16.4 Å². The molecule has 0 fully saturated rings. The van der Waals surface area contributed by atoms with Crippen LogP contribution in [-0.4, -0.2) is 0 Å². The molecule has 0 atom stereocenters. The second-order valence-electron chi connectivity index (χ2n) is 13.8. The Bertz CT molecular complexity index is 2750. The van der Waals surface area contributed by atoms with Crippen LogP contribution in [0.2, 0.25) is 0 Å². The summed E-state index contributed by atoms with van der Waals surface area (Å²) in [6.07, 6.45) is 0. The monoisotopic (exact) mass is 627 g/mol. The number of nitrogens with zero attached hydrogens (tertiary/aromatic N) is 1. The Morgan fingerprint density at radius 3 is 2.02 bits per heavy atom. The molecule has 10 rings (SSSR count). The lowest BCUT2D eigenvalue weighted by molar-refractivity contribution is 0.666. The first-order valence-corrected chi connectivity index (χ1v) is 17.0. The van der Waals surface area contributed by atoms with Crippen LogP contribution in [0.15, 0.2) is 168 Å². The van der Waals surface area contributed by atoms with Gasteiger partial charge in [-0.3, -0.25) is 0 Å². The Balaban J connectivity index is 1.12. The van der Waals surface area contributed by atoms with Crippen molar-refractivity contribution in [2.24, 2.45) is 0 Å². The van der Waals surface area contributed by atoms with Gasteiger partial charge >= 0.3 is 0 Å². The third kappa shape index (κ3) is 4.20. The molecule has 0 aliphatic heterocycles. The van der Waals surface area contributed by atoms with Crippen LogP contribution in [0.4, 0.5) is 17.1 Å². The van der Waals surface area contributed by atoms with E-state index < -0.39 is 0 Å². The second-order valence-corrected chi connectivity index (χ2v) is 13.8.